The molecule has 0 radical (unpaired) electrons. The molecule has 0 aliphatic rings. The van der Waals surface area contributed by atoms with Crippen molar-refractivity contribution >= 4 is 10.0 Å². The zero-order valence-electron chi connectivity index (χ0n) is 11.1. The van der Waals surface area contributed by atoms with E-state index >= 15 is 0 Å². The summed E-state index contributed by atoms with van der Waals surface area (Å²) in [6, 6.07) is 9.89. The van der Waals surface area contributed by atoms with Gasteiger partial charge in [0.05, 0.1) is 11.2 Å². The molecule has 1 heterocycles. The Balaban J connectivity index is 2.03. The lowest BCUT2D eigenvalue weighted by Crippen LogP contribution is -2.28. The largest absolute Gasteiger partial charge is 0.467 e. The first-order valence-corrected chi connectivity index (χ1v) is 7.81. The van der Waals surface area contributed by atoms with Crippen LogP contribution in [0.5, 0.6) is 0 Å². The van der Waals surface area contributed by atoms with Gasteiger partial charge in [-0.05, 0) is 36.2 Å². The number of aliphatic hydroxyl groups is 1. The lowest BCUT2D eigenvalue weighted by atomic mass is 10.2. The Hall–Kier alpha value is -1.63. The van der Waals surface area contributed by atoms with E-state index in [2.05, 4.69) is 4.72 Å². The van der Waals surface area contributed by atoms with Gasteiger partial charge in [0, 0.05) is 6.54 Å². The zero-order chi connectivity index (χ0) is 14.6. The van der Waals surface area contributed by atoms with Crippen LogP contribution in [0.25, 0.3) is 0 Å². The molecule has 0 fully saturated rings. The van der Waals surface area contributed by atoms with E-state index in [-0.39, 0.29) is 11.4 Å². The molecule has 108 valence electrons. The van der Waals surface area contributed by atoms with Crippen LogP contribution < -0.4 is 4.72 Å². The first kappa shape index (κ1) is 14.8. The summed E-state index contributed by atoms with van der Waals surface area (Å²) in [4.78, 5) is 0.182. The predicted octanol–water partition coefficient (Wildman–Crippen LogP) is 1.85. The third-order valence-corrected chi connectivity index (χ3v) is 4.42. The van der Waals surface area contributed by atoms with Gasteiger partial charge in [-0.25, -0.2) is 13.1 Å². The highest BCUT2D eigenvalue weighted by molar-refractivity contribution is 7.89. The summed E-state index contributed by atoms with van der Waals surface area (Å²) in [7, 11) is -3.62. The van der Waals surface area contributed by atoms with Gasteiger partial charge in [0.25, 0.3) is 0 Å². The van der Waals surface area contributed by atoms with Gasteiger partial charge in [0.15, 0.2) is 0 Å². The van der Waals surface area contributed by atoms with Gasteiger partial charge in [-0.1, -0.05) is 19.1 Å². The zero-order valence-corrected chi connectivity index (χ0v) is 11.9. The van der Waals surface area contributed by atoms with Gasteiger partial charge >= 0.3 is 0 Å². The fourth-order valence-corrected chi connectivity index (χ4v) is 2.80. The second kappa shape index (κ2) is 6.21. The van der Waals surface area contributed by atoms with E-state index in [1.165, 1.54) is 6.26 Å². The standard InChI is InChI=1S/C14H17NO4S/c1-2-11-5-7-12(8-6-11)20(17,18)15-10-13(16)14-4-3-9-19-14/h3-9,13,15-16H,2,10H2,1H3. The Bertz CT molecular complexity index is 632. The number of furan rings is 1. The van der Waals surface area contributed by atoms with Crippen molar-refractivity contribution in [3.63, 3.8) is 0 Å². The molecule has 0 amide bonds. The Labute approximate surface area is 118 Å². The SMILES string of the molecule is CCc1ccc(S(=O)(=O)NCC(O)c2ccco2)cc1. The van der Waals surface area contributed by atoms with E-state index in [4.69, 9.17) is 4.42 Å². The molecule has 1 atom stereocenters. The highest BCUT2D eigenvalue weighted by Gasteiger charge is 2.17. The minimum Gasteiger partial charge on any atom is -0.467 e. The maximum atomic E-state index is 12.1. The molecule has 0 saturated heterocycles. The maximum Gasteiger partial charge on any atom is 0.240 e. The van der Waals surface area contributed by atoms with Gasteiger partial charge in [0.1, 0.15) is 11.9 Å². The molecule has 1 unspecified atom stereocenters. The molecule has 0 bridgehead atoms. The summed E-state index contributed by atoms with van der Waals surface area (Å²) in [5.41, 5.74) is 1.07. The number of hydrogen-bond donors (Lipinski definition) is 2. The van der Waals surface area contributed by atoms with Crippen molar-refractivity contribution < 1.29 is 17.9 Å². The summed E-state index contributed by atoms with van der Waals surface area (Å²) >= 11 is 0. The van der Waals surface area contributed by atoms with Gasteiger partial charge in [-0.3, -0.25) is 0 Å². The van der Waals surface area contributed by atoms with Crippen LogP contribution in [0.1, 0.15) is 24.4 Å². The van der Waals surface area contributed by atoms with Crippen molar-refractivity contribution in [2.45, 2.75) is 24.3 Å². The van der Waals surface area contributed by atoms with Crippen LogP contribution in [-0.4, -0.2) is 20.1 Å². The fourth-order valence-electron chi connectivity index (χ4n) is 1.76. The number of benzene rings is 1. The van der Waals surface area contributed by atoms with Crippen LogP contribution in [0.3, 0.4) is 0 Å². The average Bonchev–Trinajstić information content (AvgIpc) is 2.99. The second-order valence-corrected chi connectivity index (χ2v) is 6.15. The van der Waals surface area contributed by atoms with Crippen molar-refractivity contribution in [2.75, 3.05) is 6.54 Å². The molecule has 2 aromatic rings. The molecule has 2 N–H and O–H groups in total. The van der Waals surface area contributed by atoms with Gasteiger partial charge in [0.2, 0.25) is 10.0 Å². The molecule has 0 aliphatic carbocycles. The van der Waals surface area contributed by atoms with Crippen molar-refractivity contribution in [1.82, 2.24) is 4.72 Å². The van der Waals surface area contributed by atoms with E-state index < -0.39 is 16.1 Å². The Morgan fingerprint density at radius 3 is 2.50 bits per heavy atom. The molecule has 6 heteroatoms. The molecule has 1 aromatic heterocycles. The van der Waals surface area contributed by atoms with Crippen LogP contribution in [0, 0.1) is 0 Å². The number of rotatable bonds is 6. The molecule has 5 nitrogen and oxygen atoms in total. The van der Waals surface area contributed by atoms with E-state index in [1.807, 2.05) is 6.92 Å². The summed E-state index contributed by atoms with van der Waals surface area (Å²) in [6.07, 6.45) is 1.27. The predicted molar refractivity (Wildman–Crippen MR) is 74.7 cm³/mol. The average molecular weight is 295 g/mol. The van der Waals surface area contributed by atoms with Crippen molar-refractivity contribution in [3.8, 4) is 0 Å². The van der Waals surface area contributed by atoms with Gasteiger partial charge in [-0.15, -0.1) is 0 Å². The topological polar surface area (TPSA) is 79.5 Å². The molecule has 1 aromatic carbocycles. The molecular weight excluding hydrogens is 278 g/mol. The van der Waals surface area contributed by atoms with E-state index in [9.17, 15) is 13.5 Å². The lowest BCUT2D eigenvalue weighted by Gasteiger charge is -2.10. The summed E-state index contributed by atoms with van der Waals surface area (Å²) in [5, 5.41) is 9.78. The highest BCUT2D eigenvalue weighted by Crippen LogP contribution is 2.14. The quantitative estimate of drug-likeness (QED) is 0.852. The second-order valence-electron chi connectivity index (χ2n) is 4.38. The third kappa shape index (κ3) is 3.47. The first-order valence-electron chi connectivity index (χ1n) is 6.33. The monoisotopic (exact) mass is 295 g/mol. The maximum absolute atomic E-state index is 12.1. The van der Waals surface area contributed by atoms with E-state index in [1.54, 1.807) is 36.4 Å². The lowest BCUT2D eigenvalue weighted by molar-refractivity contribution is 0.154. The fraction of sp³-hybridized carbons (Fsp3) is 0.286. The third-order valence-electron chi connectivity index (χ3n) is 2.98. The van der Waals surface area contributed by atoms with Gasteiger partial charge in [-0.2, -0.15) is 0 Å². The molecular formula is C14H17NO4S. The number of aliphatic hydroxyl groups excluding tert-OH is 1. The van der Waals surface area contributed by atoms with E-state index in [0.29, 0.717) is 5.76 Å². The van der Waals surface area contributed by atoms with Crippen molar-refractivity contribution in [3.05, 3.63) is 54.0 Å². The van der Waals surface area contributed by atoms with Crippen molar-refractivity contribution in [2.24, 2.45) is 0 Å². The molecule has 2 rings (SSSR count). The number of sulfonamides is 1. The highest BCUT2D eigenvalue weighted by atomic mass is 32.2. The Morgan fingerprint density at radius 2 is 1.95 bits per heavy atom. The molecule has 0 saturated carbocycles. The van der Waals surface area contributed by atoms with Gasteiger partial charge < -0.3 is 9.52 Å². The Morgan fingerprint density at radius 1 is 1.25 bits per heavy atom. The summed E-state index contributed by atoms with van der Waals surface area (Å²) in [5.74, 6) is 0.328. The van der Waals surface area contributed by atoms with Crippen LogP contribution in [0.15, 0.2) is 52.0 Å². The Kier molecular flexibility index (Phi) is 4.59. The van der Waals surface area contributed by atoms with Crippen LogP contribution in [0.2, 0.25) is 0 Å². The van der Waals surface area contributed by atoms with Crippen LogP contribution >= 0.6 is 0 Å². The number of hydrogen-bond acceptors (Lipinski definition) is 4. The molecule has 0 spiro atoms. The first-order chi connectivity index (χ1) is 9.53. The van der Waals surface area contributed by atoms with E-state index in [0.717, 1.165) is 12.0 Å². The molecule has 20 heavy (non-hydrogen) atoms. The number of aryl methyl sites for hydroxylation is 1. The summed E-state index contributed by atoms with van der Waals surface area (Å²) in [6.45, 7) is 1.87. The smallest absolute Gasteiger partial charge is 0.240 e. The minimum absolute atomic E-state index is 0.134. The number of nitrogens with one attached hydrogen (secondary N) is 1. The van der Waals surface area contributed by atoms with Crippen LogP contribution in [0.4, 0.5) is 0 Å². The molecule has 0 aliphatic heterocycles. The minimum atomic E-state index is -3.62. The summed E-state index contributed by atoms with van der Waals surface area (Å²) < 4.78 is 31.5. The van der Waals surface area contributed by atoms with Crippen molar-refractivity contribution in [1.29, 1.82) is 0 Å². The van der Waals surface area contributed by atoms with Crippen LogP contribution in [-0.2, 0) is 16.4 Å². The normalized spacial score (nSPS) is 13.3.